The summed E-state index contributed by atoms with van der Waals surface area (Å²) in [5, 5.41) is 13.5. The van der Waals surface area contributed by atoms with Gasteiger partial charge < -0.3 is 34.1 Å². The average molecular weight is 518 g/mol. The zero-order valence-electron chi connectivity index (χ0n) is 20.4. The van der Waals surface area contributed by atoms with Crippen molar-refractivity contribution in [1.29, 1.82) is 0 Å². The Bertz CT molecular complexity index is 1200. The molecule has 2 aromatic carbocycles. The zero-order chi connectivity index (χ0) is 26.0. The number of methoxy groups -OCH3 is 3. The molecule has 36 heavy (non-hydrogen) atoms. The second kappa shape index (κ2) is 10.3. The van der Waals surface area contributed by atoms with Crippen molar-refractivity contribution in [2.24, 2.45) is 5.92 Å². The molecule has 3 atom stereocenters. The highest BCUT2D eigenvalue weighted by molar-refractivity contribution is 6.36. The van der Waals surface area contributed by atoms with Gasteiger partial charge in [0.2, 0.25) is 17.2 Å². The van der Waals surface area contributed by atoms with Gasteiger partial charge in [-0.3, -0.25) is 9.59 Å². The molecule has 0 aromatic heterocycles. The van der Waals surface area contributed by atoms with Crippen LogP contribution in [0.2, 0.25) is 5.02 Å². The summed E-state index contributed by atoms with van der Waals surface area (Å²) in [6.07, 6.45) is 0.853. The molecule has 2 N–H and O–H groups in total. The fourth-order valence-corrected chi connectivity index (χ4v) is 4.69. The first-order valence-corrected chi connectivity index (χ1v) is 11.7. The van der Waals surface area contributed by atoms with E-state index in [1.807, 2.05) is 0 Å². The monoisotopic (exact) mass is 517 g/mol. The van der Waals surface area contributed by atoms with Gasteiger partial charge in [0.1, 0.15) is 46.3 Å². The van der Waals surface area contributed by atoms with E-state index in [4.69, 9.17) is 35.3 Å². The SMILES string of the molecule is COc1ccc(OCC(O)CNC2=CC(=O)C3(Oc4c(Cl)c(OC)cc(OC)c4C3=O)C(C)C2)cc1. The molecule has 0 amide bonds. The Morgan fingerprint density at radius 2 is 1.78 bits per heavy atom. The summed E-state index contributed by atoms with van der Waals surface area (Å²) >= 11 is 6.41. The Morgan fingerprint density at radius 1 is 1.11 bits per heavy atom. The van der Waals surface area contributed by atoms with E-state index >= 15 is 0 Å². The Balaban J connectivity index is 1.44. The van der Waals surface area contributed by atoms with Crippen molar-refractivity contribution in [3.8, 4) is 28.7 Å². The van der Waals surface area contributed by atoms with Gasteiger partial charge in [-0.2, -0.15) is 0 Å². The van der Waals surface area contributed by atoms with Crippen LogP contribution in [0, 0.1) is 5.92 Å². The number of carbonyl (C=O) groups is 2. The molecular formula is C26H28ClNO8. The van der Waals surface area contributed by atoms with Gasteiger partial charge in [-0.05, 0) is 30.7 Å². The van der Waals surface area contributed by atoms with Crippen molar-refractivity contribution in [2.45, 2.75) is 25.0 Å². The molecule has 0 bridgehead atoms. The molecule has 1 aliphatic heterocycles. The summed E-state index contributed by atoms with van der Waals surface area (Å²) in [7, 11) is 4.43. The van der Waals surface area contributed by atoms with Gasteiger partial charge in [-0.15, -0.1) is 0 Å². The van der Waals surface area contributed by atoms with E-state index in [-0.39, 0.29) is 41.0 Å². The molecule has 1 aliphatic carbocycles. The van der Waals surface area contributed by atoms with E-state index < -0.39 is 29.2 Å². The average Bonchev–Trinajstić information content (AvgIpc) is 3.20. The maximum atomic E-state index is 13.5. The van der Waals surface area contributed by atoms with Crippen molar-refractivity contribution in [2.75, 3.05) is 34.5 Å². The second-order valence-electron chi connectivity index (χ2n) is 8.63. The minimum Gasteiger partial charge on any atom is -0.497 e. The molecule has 4 rings (SSSR count). The normalized spacial score (nSPS) is 21.4. The quantitative estimate of drug-likeness (QED) is 0.484. The fourth-order valence-electron chi connectivity index (χ4n) is 4.42. The van der Waals surface area contributed by atoms with E-state index in [1.165, 1.54) is 26.4 Å². The lowest BCUT2D eigenvalue weighted by Crippen LogP contribution is -2.55. The number of rotatable bonds is 9. The molecule has 1 spiro atoms. The number of ketones is 2. The van der Waals surface area contributed by atoms with Gasteiger partial charge in [0.15, 0.2) is 5.75 Å². The summed E-state index contributed by atoms with van der Waals surface area (Å²) in [6, 6.07) is 8.52. The van der Waals surface area contributed by atoms with E-state index in [2.05, 4.69) is 5.32 Å². The molecule has 2 aromatic rings. The smallest absolute Gasteiger partial charge is 0.236 e. The predicted octanol–water partition coefficient (Wildman–Crippen LogP) is 3.20. The van der Waals surface area contributed by atoms with E-state index in [0.717, 1.165) is 0 Å². The van der Waals surface area contributed by atoms with Gasteiger partial charge in [0.25, 0.3) is 0 Å². The van der Waals surface area contributed by atoms with Crippen LogP contribution in [-0.2, 0) is 4.79 Å². The number of halogens is 1. The molecule has 0 saturated heterocycles. The van der Waals surface area contributed by atoms with Crippen LogP contribution in [0.4, 0.5) is 0 Å². The van der Waals surface area contributed by atoms with Crippen LogP contribution in [0.3, 0.4) is 0 Å². The number of hydrogen-bond acceptors (Lipinski definition) is 9. The number of hydrogen-bond donors (Lipinski definition) is 2. The molecular weight excluding hydrogens is 490 g/mol. The molecule has 10 heteroatoms. The van der Waals surface area contributed by atoms with Gasteiger partial charge >= 0.3 is 0 Å². The van der Waals surface area contributed by atoms with Gasteiger partial charge in [-0.1, -0.05) is 18.5 Å². The summed E-state index contributed by atoms with van der Waals surface area (Å²) in [5.41, 5.74) is -1.03. The lowest BCUT2D eigenvalue weighted by Gasteiger charge is -2.35. The molecule has 2 aliphatic rings. The maximum Gasteiger partial charge on any atom is 0.236 e. The van der Waals surface area contributed by atoms with Crippen LogP contribution in [0.15, 0.2) is 42.1 Å². The van der Waals surface area contributed by atoms with Crippen molar-refractivity contribution in [3.05, 3.63) is 52.7 Å². The Kier molecular flexibility index (Phi) is 7.33. The third-order valence-corrected chi connectivity index (χ3v) is 6.73. The molecule has 0 saturated carbocycles. The highest BCUT2D eigenvalue weighted by Gasteiger charge is 2.60. The van der Waals surface area contributed by atoms with Crippen molar-refractivity contribution >= 4 is 23.2 Å². The molecule has 192 valence electrons. The largest absolute Gasteiger partial charge is 0.497 e. The maximum absolute atomic E-state index is 13.5. The number of allylic oxidation sites excluding steroid dienone is 1. The predicted molar refractivity (Wildman–Crippen MR) is 132 cm³/mol. The number of aliphatic hydroxyl groups excluding tert-OH is 1. The molecule has 1 heterocycles. The molecule has 0 radical (unpaired) electrons. The minimum absolute atomic E-state index is 0.0527. The first-order valence-electron chi connectivity index (χ1n) is 11.4. The van der Waals surface area contributed by atoms with Crippen LogP contribution >= 0.6 is 11.6 Å². The van der Waals surface area contributed by atoms with Gasteiger partial charge in [0, 0.05) is 30.3 Å². The Morgan fingerprint density at radius 3 is 2.39 bits per heavy atom. The number of fused-ring (bicyclic) bond motifs is 1. The van der Waals surface area contributed by atoms with Crippen molar-refractivity contribution in [1.82, 2.24) is 5.32 Å². The van der Waals surface area contributed by atoms with E-state index in [0.29, 0.717) is 23.6 Å². The number of aliphatic hydroxyl groups is 1. The number of ether oxygens (including phenoxy) is 5. The van der Waals surface area contributed by atoms with Crippen molar-refractivity contribution in [3.63, 3.8) is 0 Å². The summed E-state index contributed by atoms with van der Waals surface area (Å²) in [4.78, 5) is 26.8. The lowest BCUT2D eigenvalue weighted by molar-refractivity contribution is -0.129. The van der Waals surface area contributed by atoms with Crippen LogP contribution in [0.25, 0.3) is 0 Å². The third-order valence-electron chi connectivity index (χ3n) is 6.38. The molecule has 0 fully saturated rings. The van der Waals surface area contributed by atoms with Crippen LogP contribution in [-0.4, -0.2) is 62.9 Å². The summed E-state index contributed by atoms with van der Waals surface area (Å²) in [5.74, 6) is 0.354. The van der Waals surface area contributed by atoms with E-state index in [1.54, 1.807) is 38.3 Å². The number of carbonyl (C=O) groups excluding carboxylic acids is 2. The fraction of sp³-hybridized carbons (Fsp3) is 0.385. The first kappa shape index (κ1) is 25.7. The van der Waals surface area contributed by atoms with Crippen LogP contribution in [0.1, 0.15) is 23.7 Å². The first-order chi connectivity index (χ1) is 17.2. The van der Waals surface area contributed by atoms with Crippen LogP contribution in [0.5, 0.6) is 28.7 Å². The topological polar surface area (TPSA) is 113 Å². The minimum atomic E-state index is -1.74. The van der Waals surface area contributed by atoms with Crippen molar-refractivity contribution < 1.29 is 38.4 Å². The summed E-state index contributed by atoms with van der Waals surface area (Å²) in [6.45, 7) is 1.97. The molecule has 9 nitrogen and oxygen atoms in total. The standard InChI is InChI=1S/C26H28ClNO8/c1-14-9-15(28-12-16(29)13-35-18-7-5-17(32-2)6-8-18)10-21(30)26(14)25(31)22-19(33-3)11-20(34-4)23(27)24(22)36-26/h5-8,10-11,14,16,28-29H,9,12-13H2,1-4H3. The Labute approximate surface area is 213 Å². The number of benzene rings is 2. The zero-order valence-corrected chi connectivity index (χ0v) is 21.2. The van der Waals surface area contributed by atoms with Gasteiger partial charge in [0.05, 0.1) is 21.3 Å². The summed E-state index contributed by atoms with van der Waals surface area (Å²) < 4.78 is 27.3. The lowest BCUT2D eigenvalue weighted by atomic mass is 9.74. The number of nitrogens with one attached hydrogen (secondary N) is 1. The van der Waals surface area contributed by atoms with E-state index in [9.17, 15) is 14.7 Å². The molecule has 3 unspecified atom stereocenters. The highest BCUT2D eigenvalue weighted by atomic mass is 35.5. The number of Topliss-reactive ketones (excluding diaryl/α,β-unsaturated/α-hetero) is 1. The highest BCUT2D eigenvalue weighted by Crippen LogP contribution is 2.52. The Hall–Kier alpha value is -3.43. The van der Waals surface area contributed by atoms with Gasteiger partial charge in [-0.25, -0.2) is 0 Å². The van der Waals surface area contributed by atoms with Crippen LogP contribution < -0.4 is 29.0 Å². The second-order valence-corrected chi connectivity index (χ2v) is 9.00. The third kappa shape index (κ3) is 4.44.